The van der Waals surface area contributed by atoms with Crippen LogP contribution in [0.4, 0.5) is 0 Å². The lowest BCUT2D eigenvalue weighted by molar-refractivity contribution is -0.150. The molecule has 1 aromatic rings. The van der Waals surface area contributed by atoms with Crippen molar-refractivity contribution in [2.45, 2.75) is 44.7 Å². The summed E-state index contributed by atoms with van der Waals surface area (Å²) in [4.78, 5) is 14.0. The largest absolute Gasteiger partial charge is 0.496 e. The zero-order valence-corrected chi connectivity index (χ0v) is 14.1. The fourth-order valence-corrected chi connectivity index (χ4v) is 3.70. The number of hydrogen-bond donors (Lipinski definition) is 1. The number of methoxy groups -OCH3 is 1. The van der Waals surface area contributed by atoms with Gasteiger partial charge in [0.1, 0.15) is 11.3 Å². The minimum Gasteiger partial charge on any atom is -0.496 e. The topological polar surface area (TPSA) is 49.8 Å². The van der Waals surface area contributed by atoms with Crippen LogP contribution in [-0.2, 0) is 11.3 Å². The summed E-state index contributed by atoms with van der Waals surface area (Å²) in [5, 5.41) is 9.74. The molecule has 1 aliphatic rings. The monoisotopic (exact) mass is 355 g/mol. The number of ether oxygens (including phenoxy) is 1. The second-order valence-corrected chi connectivity index (χ2v) is 6.48. The van der Waals surface area contributed by atoms with Crippen LogP contribution in [0, 0.1) is 0 Å². The number of carbonyl (C=O) groups is 1. The zero-order valence-electron chi connectivity index (χ0n) is 12.6. The molecule has 0 radical (unpaired) electrons. The Morgan fingerprint density at radius 1 is 1.52 bits per heavy atom. The van der Waals surface area contributed by atoms with Gasteiger partial charge in [-0.05, 0) is 44.0 Å². The molecule has 1 aliphatic heterocycles. The molecule has 0 bridgehead atoms. The van der Waals surface area contributed by atoms with Crippen molar-refractivity contribution in [2.24, 2.45) is 0 Å². The molecule has 1 atom stereocenters. The highest BCUT2D eigenvalue weighted by Crippen LogP contribution is 2.36. The van der Waals surface area contributed by atoms with Crippen LogP contribution in [0.15, 0.2) is 22.7 Å². The van der Waals surface area contributed by atoms with Gasteiger partial charge in [-0.3, -0.25) is 9.69 Å². The number of carboxylic acids is 1. The summed E-state index contributed by atoms with van der Waals surface area (Å²) in [5.74, 6) is 0.108. The molecule has 0 aliphatic carbocycles. The third-order valence-corrected chi connectivity index (χ3v) is 4.78. The van der Waals surface area contributed by atoms with E-state index >= 15 is 0 Å². The lowest BCUT2D eigenvalue weighted by Crippen LogP contribution is -2.50. The van der Waals surface area contributed by atoms with E-state index in [9.17, 15) is 9.90 Å². The van der Waals surface area contributed by atoms with Crippen molar-refractivity contribution >= 4 is 21.9 Å². The quantitative estimate of drug-likeness (QED) is 0.845. The lowest BCUT2D eigenvalue weighted by atomic mass is 9.90. The van der Waals surface area contributed by atoms with Crippen LogP contribution in [0.5, 0.6) is 5.75 Å². The molecule has 0 aromatic heterocycles. The first-order chi connectivity index (χ1) is 10.0. The molecule has 0 spiro atoms. The first kappa shape index (κ1) is 16.3. The van der Waals surface area contributed by atoms with Crippen LogP contribution >= 0.6 is 15.9 Å². The maximum atomic E-state index is 11.9. The van der Waals surface area contributed by atoms with Crippen molar-refractivity contribution < 1.29 is 14.6 Å². The number of halogens is 1. The van der Waals surface area contributed by atoms with Crippen molar-refractivity contribution in [1.82, 2.24) is 4.90 Å². The smallest absolute Gasteiger partial charge is 0.324 e. The van der Waals surface area contributed by atoms with Gasteiger partial charge in [0, 0.05) is 16.6 Å². The number of carboxylic acid groups (broad SMARTS) is 1. The molecule has 1 fully saturated rings. The molecule has 1 aromatic carbocycles. The van der Waals surface area contributed by atoms with E-state index in [-0.39, 0.29) is 0 Å². The maximum absolute atomic E-state index is 11.9. The summed E-state index contributed by atoms with van der Waals surface area (Å²) in [6, 6.07) is 5.86. The van der Waals surface area contributed by atoms with E-state index in [4.69, 9.17) is 4.74 Å². The fourth-order valence-electron chi connectivity index (χ4n) is 3.29. The standard InChI is InChI=1S/C16H22BrNO3/c1-3-7-16(15(19)20)8-4-9-18(16)11-12-10-13(17)5-6-14(12)21-2/h5-6,10H,3-4,7-9,11H2,1-2H3,(H,19,20). The Balaban J connectivity index is 2.29. The van der Waals surface area contributed by atoms with E-state index < -0.39 is 11.5 Å². The van der Waals surface area contributed by atoms with Crippen LogP contribution in [0.3, 0.4) is 0 Å². The Kier molecular flexibility index (Phi) is 5.27. The third-order valence-electron chi connectivity index (χ3n) is 4.29. The van der Waals surface area contributed by atoms with Gasteiger partial charge in [0.2, 0.25) is 0 Å². The molecule has 0 amide bonds. The molecule has 2 rings (SSSR count). The van der Waals surface area contributed by atoms with Gasteiger partial charge in [-0.2, -0.15) is 0 Å². The Morgan fingerprint density at radius 2 is 2.29 bits per heavy atom. The average molecular weight is 356 g/mol. The van der Waals surface area contributed by atoms with E-state index in [0.717, 1.165) is 41.6 Å². The van der Waals surface area contributed by atoms with Crippen molar-refractivity contribution in [1.29, 1.82) is 0 Å². The van der Waals surface area contributed by atoms with Crippen molar-refractivity contribution in [3.63, 3.8) is 0 Å². The fraction of sp³-hybridized carbons (Fsp3) is 0.562. The van der Waals surface area contributed by atoms with E-state index in [1.165, 1.54) is 0 Å². The van der Waals surface area contributed by atoms with E-state index in [0.29, 0.717) is 13.0 Å². The van der Waals surface area contributed by atoms with Gasteiger partial charge in [0.05, 0.1) is 7.11 Å². The molecule has 1 saturated heterocycles. The summed E-state index contributed by atoms with van der Waals surface area (Å²) >= 11 is 3.47. The van der Waals surface area contributed by atoms with Gasteiger partial charge >= 0.3 is 5.97 Å². The van der Waals surface area contributed by atoms with Crippen molar-refractivity contribution in [3.8, 4) is 5.75 Å². The second-order valence-electron chi connectivity index (χ2n) is 5.57. The van der Waals surface area contributed by atoms with Gasteiger partial charge in [-0.25, -0.2) is 0 Å². The number of hydrogen-bond acceptors (Lipinski definition) is 3. The normalized spacial score (nSPS) is 22.4. The molecule has 1 heterocycles. The highest BCUT2D eigenvalue weighted by atomic mass is 79.9. The summed E-state index contributed by atoms with van der Waals surface area (Å²) in [5.41, 5.74) is 0.303. The summed E-state index contributed by atoms with van der Waals surface area (Å²) in [7, 11) is 1.65. The number of aliphatic carboxylic acids is 1. The Morgan fingerprint density at radius 3 is 2.90 bits per heavy atom. The molecular formula is C16H22BrNO3. The van der Waals surface area contributed by atoms with E-state index in [2.05, 4.69) is 20.8 Å². The molecular weight excluding hydrogens is 334 g/mol. The maximum Gasteiger partial charge on any atom is 0.324 e. The minimum atomic E-state index is -0.720. The first-order valence-corrected chi connectivity index (χ1v) is 8.13. The van der Waals surface area contributed by atoms with Gasteiger partial charge in [0.15, 0.2) is 0 Å². The predicted octanol–water partition coefficient (Wildman–Crippen LogP) is 3.68. The zero-order chi connectivity index (χ0) is 15.5. The minimum absolute atomic E-state index is 0.606. The number of nitrogens with zero attached hydrogens (tertiary/aromatic N) is 1. The van der Waals surface area contributed by atoms with Gasteiger partial charge in [-0.15, -0.1) is 0 Å². The highest BCUT2D eigenvalue weighted by molar-refractivity contribution is 9.10. The number of benzene rings is 1. The van der Waals surface area contributed by atoms with Crippen LogP contribution in [-0.4, -0.2) is 35.2 Å². The lowest BCUT2D eigenvalue weighted by Gasteiger charge is -2.35. The molecule has 4 nitrogen and oxygen atoms in total. The van der Waals surface area contributed by atoms with Gasteiger partial charge in [-0.1, -0.05) is 29.3 Å². The second kappa shape index (κ2) is 6.79. The van der Waals surface area contributed by atoms with Crippen molar-refractivity contribution in [2.75, 3.05) is 13.7 Å². The van der Waals surface area contributed by atoms with E-state index in [1.807, 2.05) is 25.1 Å². The molecule has 1 unspecified atom stereocenters. The highest BCUT2D eigenvalue weighted by Gasteiger charge is 2.46. The Bertz CT molecular complexity index is 520. The molecule has 1 N–H and O–H groups in total. The van der Waals surface area contributed by atoms with Crippen molar-refractivity contribution in [3.05, 3.63) is 28.2 Å². The van der Waals surface area contributed by atoms with Crippen LogP contribution in [0.1, 0.15) is 38.2 Å². The SMILES string of the molecule is CCCC1(C(=O)O)CCCN1Cc1cc(Br)ccc1OC. The van der Waals surface area contributed by atoms with Gasteiger partial charge in [0.25, 0.3) is 0 Å². The molecule has 5 heteroatoms. The number of rotatable bonds is 6. The van der Waals surface area contributed by atoms with Crippen LogP contribution in [0.25, 0.3) is 0 Å². The summed E-state index contributed by atoms with van der Waals surface area (Å²) in [6.45, 7) is 3.47. The summed E-state index contributed by atoms with van der Waals surface area (Å²) in [6.07, 6.45) is 3.23. The van der Waals surface area contributed by atoms with Crippen LogP contribution in [0.2, 0.25) is 0 Å². The third kappa shape index (κ3) is 3.24. The number of likely N-dealkylation sites (tertiary alicyclic amines) is 1. The average Bonchev–Trinajstić information content (AvgIpc) is 2.84. The van der Waals surface area contributed by atoms with Gasteiger partial charge < -0.3 is 9.84 Å². The Labute approximate surface area is 134 Å². The Hall–Kier alpha value is -1.07. The molecule has 21 heavy (non-hydrogen) atoms. The molecule has 0 saturated carbocycles. The predicted molar refractivity (Wildman–Crippen MR) is 85.6 cm³/mol. The summed E-state index contributed by atoms with van der Waals surface area (Å²) < 4.78 is 6.38. The van der Waals surface area contributed by atoms with E-state index in [1.54, 1.807) is 7.11 Å². The molecule has 116 valence electrons. The first-order valence-electron chi connectivity index (χ1n) is 7.34. The van der Waals surface area contributed by atoms with Crippen LogP contribution < -0.4 is 4.74 Å².